The van der Waals surface area contributed by atoms with Gasteiger partial charge in [-0.25, -0.2) is 4.79 Å². The van der Waals surface area contributed by atoms with Crippen LogP contribution in [0.3, 0.4) is 0 Å². The molecule has 0 heterocycles. The molecular formula is C6H16O5. The molecule has 0 aromatic carbocycles. The maximum absolute atomic E-state index is 9.45. The van der Waals surface area contributed by atoms with Crippen LogP contribution in [0.1, 0.15) is 13.8 Å². The minimum absolute atomic E-state index is 0.250. The third kappa shape index (κ3) is 45.0. The summed E-state index contributed by atoms with van der Waals surface area (Å²) in [5.74, 6) is -1.19. The SMILES string of the molecule is CC(O)C(=O)O.CCO.CO. The van der Waals surface area contributed by atoms with Crippen molar-refractivity contribution in [1.82, 2.24) is 0 Å². The lowest BCUT2D eigenvalue weighted by molar-refractivity contribution is -0.145. The van der Waals surface area contributed by atoms with E-state index in [0.29, 0.717) is 0 Å². The summed E-state index contributed by atoms with van der Waals surface area (Å²) in [7, 11) is 1.00. The molecule has 5 nitrogen and oxygen atoms in total. The van der Waals surface area contributed by atoms with E-state index in [1.54, 1.807) is 6.92 Å². The van der Waals surface area contributed by atoms with Crippen molar-refractivity contribution in [2.75, 3.05) is 13.7 Å². The van der Waals surface area contributed by atoms with Crippen LogP contribution in [0.5, 0.6) is 0 Å². The van der Waals surface area contributed by atoms with Crippen molar-refractivity contribution in [2.24, 2.45) is 0 Å². The summed E-state index contributed by atoms with van der Waals surface area (Å²) in [5.41, 5.74) is 0. The Balaban J connectivity index is -0.000000109. The van der Waals surface area contributed by atoms with Gasteiger partial charge in [0, 0.05) is 13.7 Å². The molecule has 0 saturated heterocycles. The summed E-state index contributed by atoms with van der Waals surface area (Å²) in [6.07, 6.45) is -1.23. The summed E-state index contributed by atoms with van der Waals surface area (Å²) >= 11 is 0. The van der Waals surface area contributed by atoms with E-state index in [2.05, 4.69) is 0 Å². The second-order valence-electron chi connectivity index (χ2n) is 1.33. The lowest BCUT2D eigenvalue weighted by Crippen LogP contribution is -2.13. The molecule has 0 aromatic rings. The van der Waals surface area contributed by atoms with E-state index in [4.69, 9.17) is 20.4 Å². The molecule has 0 aliphatic rings. The molecule has 1 atom stereocenters. The van der Waals surface area contributed by atoms with Gasteiger partial charge in [-0.3, -0.25) is 0 Å². The molecular weight excluding hydrogens is 152 g/mol. The average Bonchev–Trinajstić information content (AvgIpc) is 1.93. The first-order valence-corrected chi connectivity index (χ1v) is 3.02. The van der Waals surface area contributed by atoms with Gasteiger partial charge in [0.1, 0.15) is 6.10 Å². The molecule has 0 saturated carbocycles. The zero-order chi connectivity index (χ0) is 9.86. The van der Waals surface area contributed by atoms with Gasteiger partial charge in [0.2, 0.25) is 0 Å². The minimum Gasteiger partial charge on any atom is -0.479 e. The predicted octanol–water partition coefficient (Wildman–Crippen LogP) is -0.941. The number of carbonyl (C=O) groups is 1. The quantitative estimate of drug-likeness (QED) is 0.405. The molecule has 0 aliphatic heterocycles. The highest BCUT2D eigenvalue weighted by molar-refractivity contribution is 5.71. The number of hydrogen-bond donors (Lipinski definition) is 4. The first kappa shape index (κ1) is 16.7. The molecule has 1 unspecified atom stereocenters. The van der Waals surface area contributed by atoms with Crippen LogP contribution in [-0.2, 0) is 4.79 Å². The highest BCUT2D eigenvalue weighted by atomic mass is 16.4. The van der Waals surface area contributed by atoms with Gasteiger partial charge in [0.25, 0.3) is 0 Å². The van der Waals surface area contributed by atoms with Crippen molar-refractivity contribution in [3.8, 4) is 0 Å². The van der Waals surface area contributed by atoms with Crippen molar-refractivity contribution in [3.63, 3.8) is 0 Å². The van der Waals surface area contributed by atoms with Gasteiger partial charge < -0.3 is 20.4 Å². The lowest BCUT2D eigenvalue weighted by atomic mass is 10.4. The molecule has 0 aliphatic carbocycles. The summed E-state index contributed by atoms with van der Waals surface area (Å²) < 4.78 is 0. The first-order chi connectivity index (χ1) is 5.06. The fourth-order valence-electron chi connectivity index (χ4n) is 0. The highest BCUT2D eigenvalue weighted by Crippen LogP contribution is 1.73. The normalized spacial score (nSPS) is 9.64. The Bertz CT molecular complexity index is 71.4. The third-order valence-corrected chi connectivity index (χ3v) is 0.357. The molecule has 0 radical (unpaired) electrons. The number of aliphatic carboxylic acids is 1. The summed E-state index contributed by atoms with van der Waals surface area (Å²) in [5, 5.41) is 30.3. The standard InChI is InChI=1S/C3H6O3.C2H6O.CH4O/c1-2(4)3(5)6;1-2-3;1-2/h2,4H,1H3,(H,5,6);3H,2H2,1H3;2H,1H3. The molecule has 5 heteroatoms. The Hall–Kier alpha value is -0.650. The Kier molecular flexibility index (Phi) is 24.6. The van der Waals surface area contributed by atoms with E-state index in [1.165, 1.54) is 6.92 Å². The van der Waals surface area contributed by atoms with Crippen LogP contribution < -0.4 is 0 Å². The molecule has 0 bridgehead atoms. The summed E-state index contributed by atoms with van der Waals surface area (Å²) in [6, 6.07) is 0. The smallest absolute Gasteiger partial charge is 0.332 e. The van der Waals surface area contributed by atoms with E-state index >= 15 is 0 Å². The zero-order valence-corrected chi connectivity index (χ0v) is 6.98. The van der Waals surface area contributed by atoms with Crippen LogP contribution in [0, 0.1) is 0 Å². The second-order valence-corrected chi connectivity index (χ2v) is 1.33. The van der Waals surface area contributed by atoms with Crippen LogP contribution in [0.2, 0.25) is 0 Å². The van der Waals surface area contributed by atoms with E-state index in [9.17, 15) is 4.79 Å². The number of rotatable bonds is 1. The first-order valence-electron chi connectivity index (χ1n) is 3.02. The molecule has 0 spiro atoms. The van der Waals surface area contributed by atoms with Crippen LogP contribution >= 0.6 is 0 Å². The topological polar surface area (TPSA) is 98.0 Å². The van der Waals surface area contributed by atoms with Gasteiger partial charge in [0.05, 0.1) is 0 Å². The van der Waals surface area contributed by atoms with E-state index in [1.807, 2.05) is 0 Å². The highest BCUT2D eigenvalue weighted by Gasteiger charge is 2.01. The summed E-state index contributed by atoms with van der Waals surface area (Å²) in [6.45, 7) is 3.13. The number of carboxylic acid groups (broad SMARTS) is 1. The Labute approximate surface area is 65.9 Å². The molecule has 0 amide bonds. The third-order valence-electron chi connectivity index (χ3n) is 0.357. The largest absolute Gasteiger partial charge is 0.479 e. The van der Waals surface area contributed by atoms with Gasteiger partial charge in [-0.1, -0.05) is 0 Å². The Morgan fingerprint density at radius 2 is 1.55 bits per heavy atom. The molecule has 70 valence electrons. The fourth-order valence-corrected chi connectivity index (χ4v) is 0. The van der Waals surface area contributed by atoms with Crippen LogP contribution in [0.25, 0.3) is 0 Å². The van der Waals surface area contributed by atoms with E-state index in [0.717, 1.165) is 7.11 Å². The zero-order valence-electron chi connectivity index (χ0n) is 6.98. The van der Waals surface area contributed by atoms with Gasteiger partial charge in [-0.15, -0.1) is 0 Å². The number of carboxylic acids is 1. The van der Waals surface area contributed by atoms with Gasteiger partial charge in [-0.05, 0) is 13.8 Å². The van der Waals surface area contributed by atoms with Gasteiger partial charge in [0.15, 0.2) is 0 Å². The van der Waals surface area contributed by atoms with Gasteiger partial charge >= 0.3 is 5.97 Å². The maximum atomic E-state index is 9.45. The predicted molar refractivity (Wildman–Crippen MR) is 40.2 cm³/mol. The van der Waals surface area contributed by atoms with Crippen LogP contribution in [0.4, 0.5) is 0 Å². The number of aliphatic hydroxyl groups is 3. The average molecular weight is 168 g/mol. The Morgan fingerprint density at radius 1 is 1.45 bits per heavy atom. The molecule has 11 heavy (non-hydrogen) atoms. The van der Waals surface area contributed by atoms with Crippen molar-refractivity contribution in [2.45, 2.75) is 20.0 Å². The van der Waals surface area contributed by atoms with E-state index < -0.39 is 12.1 Å². The number of hydrogen-bond acceptors (Lipinski definition) is 4. The summed E-state index contributed by atoms with van der Waals surface area (Å²) in [4.78, 5) is 9.45. The Morgan fingerprint density at radius 3 is 1.55 bits per heavy atom. The number of aliphatic hydroxyl groups excluding tert-OH is 3. The minimum atomic E-state index is -1.23. The van der Waals surface area contributed by atoms with Crippen molar-refractivity contribution >= 4 is 5.97 Å². The molecule has 0 rings (SSSR count). The fraction of sp³-hybridized carbons (Fsp3) is 0.833. The maximum Gasteiger partial charge on any atom is 0.332 e. The molecule has 4 N–H and O–H groups in total. The monoisotopic (exact) mass is 168 g/mol. The molecule has 0 aromatic heterocycles. The van der Waals surface area contributed by atoms with Crippen molar-refractivity contribution in [3.05, 3.63) is 0 Å². The van der Waals surface area contributed by atoms with Gasteiger partial charge in [-0.2, -0.15) is 0 Å². The lowest BCUT2D eigenvalue weighted by Gasteiger charge is -1.89. The van der Waals surface area contributed by atoms with Crippen molar-refractivity contribution < 1.29 is 25.2 Å². The van der Waals surface area contributed by atoms with E-state index in [-0.39, 0.29) is 6.61 Å². The second kappa shape index (κ2) is 16.2. The van der Waals surface area contributed by atoms with Crippen LogP contribution in [-0.4, -0.2) is 46.2 Å². The van der Waals surface area contributed by atoms with Crippen molar-refractivity contribution in [1.29, 1.82) is 0 Å². The van der Waals surface area contributed by atoms with Crippen LogP contribution in [0.15, 0.2) is 0 Å². The molecule has 0 fully saturated rings.